The van der Waals surface area contributed by atoms with Crippen molar-refractivity contribution in [3.8, 4) is 5.75 Å². The summed E-state index contributed by atoms with van der Waals surface area (Å²) in [5.41, 5.74) is 5.00. The number of amides is 3. The van der Waals surface area contributed by atoms with Crippen LogP contribution in [0.5, 0.6) is 5.75 Å². The van der Waals surface area contributed by atoms with Crippen LogP contribution in [0.4, 0.5) is 37.7 Å². The molecule has 178 valence electrons. The molecule has 3 amide bonds. The summed E-state index contributed by atoms with van der Waals surface area (Å²) in [5.74, 6) is -9.83. The van der Waals surface area contributed by atoms with Crippen LogP contribution < -0.4 is 26.0 Å². The molecule has 1 aromatic rings. The van der Waals surface area contributed by atoms with E-state index >= 15 is 0 Å². The third kappa shape index (κ3) is 6.00. The van der Waals surface area contributed by atoms with Crippen molar-refractivity contribution >= 4 is 29.1 Å². The van der Waals surface area contributed by atoms with Gasteiger partial charge in [-0.3, -0.25) is 14.4 Å². The molecule has 0 unspecified atom stereocenters. The van der Waals surface area contributed by atoms with E-state index in [9.17, 15) is 40.7 Å². The first-order valence-electron chi connectivity index (χ1n) is 8.92. The second-order valence-electron chi connectivity index (χ2n) is 6.33. The van der Waals surface area contributed by atoms with Crippen molar-refractivity contribution in [1.82, 2.24) is 5.32 Å². The van der Waals surface area contributed by atoms with Gasteiger partial charge in [0, 0.05) is 24.8 Å². The van der Waals surface area contributed by atoms with Gasteiger partial charge in [0.05, 0.1) is 12.3 Å². The fourth-order valence-corrected chi connectivity index (χ4v) is 2.57. The molecule has 0 spiro atoms. The first-order valence-corrected chi connectivity index (χ1v) is 8.92. The smallest absolute Gasteiger partial charge is 0.387 e. The summed E-state index contributed by atoms with van der Waals surface area (Å²) in [7, 11) is 0. The Morgan fingerprint density at radius 2 is 1.94 bits per heavy atom. The molecule has 1 fully saturated rings. The highest BCUT2D eigenvalue weighted by Crippen LogP contribution is 2.32. The Morgan fingerprint density at radius 1 is 1.25 bits per heavy atom. The maximum Gasteiger partial charge on any atom is 0.387 e. The fourth-order valence-electron chi connectivity index (χ4n) is 2.57. The molecule has 1 aromatic carbocycles. The highest BCUT2D eigenvalue weighted by Gasteiger charge is 2.49. The summed E-state index contributed by atoms with van der Waals surface area (Å²) in [6.45, 7) is -4.03. The number of nitrogens with two attached hydrogens (primary N) is 1. The van der Waals surface area contributed by atoms with Gasteiger partial charge in [-0.1, -0.05) is 0 Å². The molecule has 1 atom stereocenters. The van der Waals surface area contributed by atoms with Crippen LogP contribution in [0.3, 0.4) is 0 Å². The Morgan fingerprint density at radius 3 is 2.50 bits per heavy atom. The van der Waals surface area contributed by atoms with Gasteiger partial charge in [0.15, 0.2) is 5.75 Å². The van der Waals surface area contributed by atoms with Crippen molar-refractivity contribution < 1.29 is 50.2 Å². The number of carbonyl (C=O) groups excluding carboxylic acids is 3. The lowest BCUT2D eigenvalue weighted by molar-refractivity contribution is -0.170. The van der Waals surface area contributed by atoms with Gasteiger partial charge in [-0.25, -0.2) is 8.78 Å². The molecular weight excluding hydrogens is 454 g/mol. The Balaban J connectivity index is 2.22. The zero-order valence-corrected chi connectivity index (χ0v) is 16.1. The van der Waals surface area contributed by atoms with Crippen molar-refractivity contribution in [3.63, 3.8) is 0 Å². The summed E-state index contributed by atoms with van der Waals surface area (Å²) >= 11 is 0. The highest BCUT2D eigenvalue weighted by atomic mass is 19.3. The van der Waals surface area contributed by atoms with E-state index in [1.54, 1.807) is 0 Å². The first kappa shape index (κ1) is 25.2. The number of hydrogen-bond acceptors (Lipinski definition) is 6. The van der Waals surface area contributed by atoms with Crippen molar-refractivity contribution in [3.05, 3.63) is 18.2 Å². The molecule has 15 heteroatoms. The van der Waals surface area contributed by atoms with Gasteiger partial charge in [-0.2, -0.15) is 17.6 Å². The second kappa shape index (κ2) is 10.5. The normalized spacial score (nSPS) is 15.7. The van der Waals surface area contributed by atoms with Gasteiger partial charge in [-0.05, 0) is 12.1 Å². The number of morpholine rings is 1. The summed E-state index contributed by atoms with van der Waals surface area (Å²) in [6.07, 6.45) is -4.33. The number of anilines is 2. The van der Waals surface area contributed by atoms with Gasteiger partial charge >= 0.3 is 19.0 Å². The minimum Gasteiger partial charge on any atom is -0.433 e. The number of halogens is 6. The summed E-state index contributed by atoms with van der Waals surface area (Å²) in [6, 6.07) is 1.48. The van der Waals surface area contributed by atoms with Crippen molar-refractivity contribution in [2.45, 2.75) is 25.0 Å². The predicted molar refractivity (Wildman–Crippen MR) is 96.8 cm³/mol. The molecule has 0 bridgehead atoms. The molecule has 1 saturated heterocycles. The molecule has 32 heavy (non-hydrogen) atoms. The number of rotatable bonds is 9. The third-order valence-electron chi connectivity index (χ3n) is 4.17. The highest BCUT2D eigenvalue weighted by molar-refractivity contribution is 6.00. The fraction of sp³-hybridized carbons (Fsp3) is 0.471. The maximum atomic E-state index is 13.1. The number of hydrogen-bond donors (Lipinski definition) is 3. The molecule has 9 nitrogen and oxygen atoms in total. The standard InChI is InChI=1S/C17H18F6N4O5/c18-14(19)17(22,23)15(30)26-10(6-24)13(29)25-9-2-1-8(5-11(9)32-16(20)21)27-3-4-31-7-12(27)28/h1-2,5,10,14,16H,3-4,6-7,24H2,(H,25,29)(H,26,30)/t10-/m1/s1. The van der Waals surface area contributed by atoms with Crippen LogP contribution in [0, 0.1) is 0 Å². The lowest BCUT2D eigenvalue weighted by atomic mass is 10.2. The van der Waals surface area contributed by atoms with Crippen LogP contribution in [0.1, 0.15) is 0 Å². The lowest BCUT2D eigenvalue weighted by Gasteiger charge is -2.27. The summed E-state index contributed by atoms with van der Waals surface area (Å²) in [5, 5.41) is 3.42. The van der Waals surface area contributed by atoms with Crippen LogP contribution in [-0.2, 0) is 19.1 Å². The van der Waals surface area contributed by atoms with Gasteiger partial charge in [0.1, 0.15) is 12.6 Å². The van der Waals surface area contributed by atoms with Crippen molar-refractivity contribution in [2.24, 2.45) is 5.73 Å². The van der Waals surface area contributed by atoms with Gasteiger partial charge in [0.25, 0.3) is 11.8 Å². The number of carbonyl (C=O) groups is 3. The van der Waals surface area contributed by atoms with Crippen LogP contribution in [0.2, 0.25) is 0 Å². The van der Waals surface area contributed by atoms with Gasteiger partial charge in [-0.15, -0.1) is 0 Å². The van der Waals surface area contributed by atoms with Crippen LogP contribution in [-0.4, -0.2) is 69.0 Å². The number of benzene rings is 1. The zero-order valence-electron chi connectivity index (χ0n) is 16.1. The van der Waals surface area contributed by atoms with Crippen LogP contribution in [0.15, 0.2) is 18.2 Å². The molecule has 0 aromatic heterocycles. The average molecular weight is 472 g/mol. The van der Waals surface area contributed by atoms with E-state index in [1.807, 2.05) is 5.32 Å². The van der Waals surface area contributed by atoms with Crippen LogP contribution in [0.25, 0.3) is 0 Å². The zero-order chi connectivity index (χ0) is 24.1. The minimum absolute atomic E-state index is 0.123. The molecule has 0 aliphatic carbocycles. The predicted octanol–water partition coefficient (Wildman–Crippen LogP) is 0.934. The monoisotopic (exact) mass is 472 g/mol. The van der Waals surface area contributed by atoms with E-state index in [4.69, 9.17) is 10.5 Å². The molecule has 4 N–H and O–H groups in total. The molecule has 0 radical (unpaired) electrons. The van der Waals surface area contributed by atoms with Crippen LogP contribution >= 0.6 is 0 Å². The maximum absolute atomic E-state index is 13.1. The topological polar surface area (TPSA) is 123 Å². The lowest BCUT2D eigenvalue weighted by Crippen LogP contribution is -2.55. The molecule has 0 saturated carbocycles. The molecule has 1 aliphatic rings. The molecule has 2 rings (SSSR count). The van der Waals surface area contributed by atoms with Crippen molar-refractivity contribution in [2.75, 3.05) is 36.5 Å². The number of nitrogens with one attached hydrogen (secondary N) is 2. The number of ether oxygens (including phenoxy) is 2. The van der Waals surface area contributed by atoms with Gasteiger partial charge in [0.2, 0.25) is 5.91 Å². The Bertz CT molecular complexity index is 857. The van der Waals surface area contributed by atoms with Crippen molar-refractivity contribution in [1.29, 1.82) is 0 Å². The van der Waals surface area contributed by atoms with E-state index in [0.29, 0.717) is 0 Å². The summed E-state index contributed by atoms with van der Waals surface area (Å²) < 4.78 is 85.8. The van der Waals surface area contributed by atoms with Gasteiger partial charge < -0.3 is 30.7 Å². The van der Waals surface area contributed by atoms with E-state index in [2.05, 4.69) is 4.74 Å². The largest absolute Gasteiger partial charge is 0.433 e. The van der Waals surface area contributed by atoms with E-state index in [1.165, 1.54) is 16.3 Å². The Kier molecular flexibility index (Phi) is 8.26. The molecular formula is C17H18F6N4O5. The quantitative estimate of drug-likeness (QED) is 0.460. The van der Waals surface area contributed by atoms with E-state index in [-0.39, 0.29) is 31.1 Å². The average Bonchev–Trinajstić information content (AvgIpc) is 2.72. The second-order valence-corrected chi connectivity index (χ2v) is 6.33. The number of alkyl halides is 6. The molecule has 1 heterocycles. The SMILES string of the molecule is NC[C@@H](NC(=O)C(F)(F)C(F)F)C(=O)Nc1ccc(N2CCOCC2=O)cc1OC(F)F. The van der Waals surface area contributed by atoms with E-state index in [0.717, 1.165) is 12.1 Å². The Labute approximate surface area is 176 Å². The van der Waals surface area contributed by atoms with E-state index < -0.39 is 55.0 Å². The molecule has 1 aliphatic heterocycles. The summed E-state index contributed by atoms with van der Waals surface area (Å²) in [4.78, 5) is 36.8. The third-order valence-corrected chi connectivity index (χ3v) is 4.17. The Hall–Kier alpha value is -3.07. The minimum atomic E-state index is -5.08. The first-order chi connectivity index (χ1) is 15.0. The number of nitrogens with zero attached hydrogens (tertiary/aromatic N) is 1.